The molecule has 2 fully saturated rings. The third-order valence-corrected chi connectivity index (χ3v) is 4.16. The van der Waals surface area contributed by atoms with E-state index in [9.17, 15) is 17.6 Å². The van der Waals surface area contributed by atoms with E-state index in [0.717, 1.165) is 32.2 Å². The summed E-state index contributed by atoms with van der Waals surface area (Å²) in [5.41, 5.74) is -0.515. The molecule has 2 unspecified atom stereocenters. The highest BCUT2D eigenvalue weighted by Crippen LogP contribution is 2.32. The van der Waals surface area contributed by atoms with Crippen LogP contribution in [0.25, 0.3) is 0 Å². The fraction of sp³-hybridized carbons (Fsp3) is 0.571. The van der Waals surface area contributed by atoms with Gasteiger partial charge in [0.25, 0.3) is 0 Å². The number of benzene rings is 1. The SMILES string of the molecule is Fc1cc(CN2CC3CNCC3C2)cc(C(F)(F)F)c1. The van der Waals surface area contributed by atoms with E-state index in [4.69, 9.17) is 0 Å². The lowest BCUT2D eigenvalue weighted by Gasteiger charge is -2.18. The maximum absolute atomic E-state index is 13.3. The van der Waals surface area contributed by atoms with E-state index in [0.29, 0.717) is 30.0 Å². The van der Waals surface area contributed by atoms with Crippen molar-refractivity contribution in [3.8, 4) is 0 Å². The molecule has 1 aromatic carbocycles. The number of nitrogens with one attached hydrogen (secondary N) is 1. The van der Waals surface area contributed by atoms with E-state index in [2.05, 4.69) is 10.2 Å². The van der Waals surface area contributed by atoms with Gasteiger partial charge in [-0.05, 0) is 48.7 Å². The zero-order valence-corrected chi connectivity index (χ0v) is 10.9. The molecule has 2 nitrogen and oxygen atoms in total. The van der Waals surface area contributed by atoms with Gasteiger partial charge >= 0.3 is 6.18 Å². The smallest absolute Gasteiger partial charge is 0.316 e. The van der Waals surface area contributed by atoms with Gasteiger partial charge in [-0.25, -0.2) is 4.39 Å². The van der Waals surface area contributed by atoms with E-state index < -0.39 is 17.6 Å². The molecule has 2 heterocycles. The van der Waals surface area contributed by atoms with E-state index >= 15 is 0 Å². The van der Waals surface area contributed by atoms with Crippen LogP contribution >= 0.6 is 0 Å². The molecule has 2 atom stereocenters. The van der Waals surface area contributed by atoms with Crippen LogP contribution in [0, 0.1) is 17.7 Å². The maximum atomic E-state index is 13.3. The molecule has 0 amide bonds. The highest BCUT2D eigenvalue weighted by Gasteiger charge is 2.36. The molecule has 2 aliphatic rings. The van der Waals surface area contributed by atoms with Crippen LogP contribution in [0.5, 0.6) is 0 Å². The van der Waals surface area contributed by atoms with Gasteiger partial charge in [-0.3, -0.25) is 4.90 Å². The fourth-order valence-electron chi connectivity index (χ4n) is 3.25. The predicted octanol–water partition coefficient (Wildman–Crippen LogP) is 2.50. The third-order valence-electron chi connectivity index (χ3n) is 4.16. The minimum absolute atomic E-state index is 0.383. The van der Waals surface area contributed by atoms with Gasteiger partial charge in [-0.2, -0.15) is 13.2 Å². The van der Waals surface area contributed by atoms with Crippen molar-refractivity contribution in [1.82, 2.24) is 10.2 Å². The summed E-state index contributed by atoms with van der Waals surface area (Å²) in [5.74, 6) is 0.326. The number of alkyl halides is 3. The van der Waals surface area contributed by atoms with Gasteiger partial charge in [0.15, 0.2) is 0 Å². The molecule has 0 aliphatic carbocycles. The molecule has 20 heavy (non-hydrogen) atoms. The number of rotatable bonds is 2. The number of nitrogens with zero attached hydrogens (tertiary/aromatic N) is 1. The second kappa shape index (κ2) is 5.00. The number of halogens is 4. The van der Waals surface area contributed by atoms with E-state index in [-0.39, 0.29) is 0 Å². The van der Waals surface area contributed by atoms with Crippen LogP contribution in [0.15, 0.2) is 18.2 Å². The molecular formula is C14H16F4N2. The number of hydrogen-bond acceptors (Lipinski definition) is 2. The van der Waals surface area contributed by atoms with Crippen molar-refractivity contribution < 1.29 is 17.6 Å². The standard InChI is InChI=1S/C14H16F4N2/c15-13-2-9(1-12(3-13)14(16,17)18)6-20-7-10-4-19-5-11(10)8-20/h1-3,10-11,19H,4-8H2. The van der Waals surface area contributed by atoms with E-state index in [1.54, 1.807) is 0 Å². The maximum Gasteiger partial charge on any atom is 0.416 e. The molecule has 0 spiro atoms. The van der Waals surface area contributed by atoms with Crippen LogP contribution < -0.4 is 5.32 Å². The molecule has 0 radical (unpaired) electrons. The number of hydrogen-bond donors (Lipinski definition) is 1. The zero-order chi connectivity index (χ0) is 14.3. The zero-order valence-electron chi connectivity index (χ0n) is 10.9. The summed E-state index contributed by atoms with van der Waals surface area (Å²) in [6.07, 6.45) is -4.50. The molecule has 0 saturated carbocycles. The molecule has 1 N–H and O–H groups in total. The summed E-state index contributed by atoms with van der Waals surface area (Å²) in [6.45, 7) is 4.06. The fourth-order valence-corrected chi connectivity index (χ4v) is 3.25. The van der Waals surface area contributed by atoms with Crippen LogP contribution in [0.3, 0.4) is 0 Å². The molecule has 2 aliphatic heterocycles. The van der Waals surface area contributed by atoms with Crippen molar-refractivity contribution in [3.05, 3.63) is 35.1 Å². The summed E-state index contributed by atoms with van der Waals surface area (Å²) < 4.78 is 51.3. The van der Waals surface area contributed by atoms with Gasteiger partial charge in [0.2, 0.25) is 0 Å². The van der Waals surface area contributed by atoms with Crippen molar-refractivity contribution in [1.29, 1.82) is 0 Å². The van der Waals surface area contributed by atoms with Crippen molar-refractivity contribution in [3.63, 3.8) is 0 Å². The second-order valence-corrected chi connectivity index (χ2v) is 5.72. The Hall–Kier alpha value is -1.14. The Labute approximate surface area is 114 Å². The van der Waals surface area contributed by atoms with Crippen LogP contribution in [-0.4, -0.2) is 31.1 Å². The molecular weight excluding hydrogens is 272 g/mol. The van der Waals surface area contributed by atoms with Crippen molar-refractivity contribution in [2.24, 2.45) is 11.8 Å². The average Bonchev–Trinajstić information content (AvgIpc) is 2.87. The first-order valence-electron chi connectivity index (χ1n) is 6.71. The first-order valence-corrected chi connectivity index (χ1v) is 6.71. The highest BCUT2D eigenvalue weighted by molar-refractivity contribution is 5.27. The average molecular weight is 288 g/mol. The lowest BCUT2D eigenvalue weighted by atomic mass is 10.0. The van der Waals surface area contributed by atoms with Gasteiger partial charge in [0, 0.05) is 19.6 Å². The quantitative estimate of drug-likeness (QED) is 0.841. The Bertz CT molecular complexity index is 488. The Balaban J connectivity index is 1.73. The third kappa shape index (κ3) is 2.81. The summed E-state index contributed by atoms with van der Waals surface area (Å²) in [6, 6.07) is 2.79. The van der Waals surface area contributed by atoms with Gasteiger partial charge in [-0.15, -0.1) is 0 Å². The van der Waals surface area contributed by atoms with Gasteiger partial charge in [0.1, 0.15) is 5.82 Å². The summed E-state index contributed by atoms with van der Waals surface area (Å²) in [7, 11) is 0. The van der Waals surface area contributed by atoms with Crippen LogP contribution in [0.2, 0.25) is 0 Å². The van der Waals surface area contributed by atoms with Crippen LogP contribution in [-0.2, 0) is 12.7 Å². The van der Waals surface area contributed by atoms with Crippen LogP contribution in [0.1, 0.15) is 11.1 Å². The second-order valence-electron chi connectivity index (χ2n) is 5.72. The van der Waals surface area contributed by atoms with Crippen molar-refractivity contribution in [2.45, 2.75) is 12.7 Å². The van der Waals surface area contributed by atoms with Gasteiger partial charge in [0.05, 0.1) is 5.56 Å². The minimum Gasteiger partial charge on any atom is -0.316 e. The van der Waals surface area contributed by atoms with Crippen molar-refractivity contribution in [2.75, 3.05) is 26.2 Å². The Morgan fingerprint density at radius 1 is 1.10 bits per heavy atom. The van der Waals surface area contributed by atoms with E-state index in [1.807, 2.05) is 0 Å². The molecule has 0 aromatic heterocycles. The molecule has 1 aromatic rings. The Morgan fingerprint density at radius 3 is 2.35 bits per heavy atom. The molecule has 110 valence electrons. The lowest BCUT2D eigenvalue weighted by Crippen LogP contribution is -2.25. The van der Waals surface area contributed by atoms with Gasteiger partial charge < -0.3 is 5.32 Å². The lowest BCUT2D eigenvalue weighted by molar-refractivity contribution is -0.137. The largest absolute Gasteiger partial charge is 0.416 e. The molecule has 0 bridgehead atoms. The van der Waals surface area contributed by atoms with Crippen molar-refractivity contribution >= 4 is 0 Å². The summed E-state index contributed by atoms with van der Waals surface area (Å²) in [4.78, 5) is 2.12. The summed E-state index contributed by atoms with van der Waals surface area (Å²) >= 11 is 0. The van der Waals surface area contributed by atoms with Crippen LogP contribution in [0.4, 0.5) is 17.6 Å². The highest BCUT2D eigenvalue weighted by atomic mass is 19.4. The molecule has 2 saturated heterocycles. The molecule has 3 rings (SSSR count). The molecule has 6 heteroatoms. The minimum atomic E-state index is -4.50. The Morgan fingerprint density at radius 2 is 1.75 bits per heavy atom. The number of fused-ring (bicyclic) bond motifs is 1. The topological polar surface area (TPSA) is 15.3 Å². The van der Waals surface area contributed by atoms with Gasteiger partial charge in [-0.1, -0.05) is 0 Å². The number of likely N-dealkylation sites (tertiary alicyclic amines) is 1. The predicted molar refractivity (Wildman–Crippen MR) is 66.5 cm³/mol. The van der Waals surface area contributed by atoms with E-state index in [1.165, 1.54) is 6.07 Å². The first-order chi connectivity index (χ1) is 9.41. The Kier molecular flexibility index (Phi) is 3.46. The first kappa shape index (κ1) is 13.8. The normalized spacial score (nSPS) is 27.0. The monoisotopic (exact) mass is 288 g/mol. The summed E-state index contributed by atoms with van der Waals surface area (Å²) in [5, 5.41) is 3.31.